The van der Waals surface area contributed by atoms with Crippen LogP contribution in [0.2, 0.25) is 0 Å². The number of phenolic OH excluding ortho intramolecular Hbond substituents is 1. The van der Waals surface area contributed by atoms with Crippen molar-refractivity contribution in [2.45, 2.75) is 25.7 Å². The van der Waals surface area contributed by atoms with E-state index in [1.807, 2.05) is 7.05 Å². The number of aliphatic imine (C=N–C) groups is 2. The van der Waals surface area contributed by atoms with Gasteiger partial charge in [0, 0.05) is 173 Å². The zero-order valence-corrected chi connectivity index (χ0v) is 64.6. The van der Waals surface area contributed by atoms with E-state index in [9.17, 15) is 63.3 Å². The molecule has 1 aliphatic carbocycles. The van der Waals surface area contributed by atoms with Crippen LogP contribution >= 0.6 is 12.6 Å². The third kappa shape index (κ3) is 18.9. The highest BCUT2D eigenvalue weighted by Crippen LogP contribution is 2.43. The van der Waals surface area contributed by atoms with Crippen LogP contribution in [0.15, 0.2) is 160 Å². The maximum Gasteiger partial charge on any atom is 0.336 e. The average molecular weight is 1580 g/mol. The van der Waals surface area contributed by atoms with Gasteiger partial charge in [-0.25, -0.2) is 24.7 Å². The van der Waals surface area contributed by atoms with Gasteiger partial charge in [0.25, 0.3) is 47.3 Å². The van der Waals surface area contributed by atoms with E-state index in [4.69, 9.17) is 4.42 Å². The molecule has 10 aromatic rings. The molecule has 9 heterocycles. The van der Waals surface area contributed by atoms with E-state index in [1.54, 1.807) is 119 Å². The quantitative estimate of drug-likeness (QED) is 0.00666. The number of nitrogens with zero attached hydrogens (tertiary/aromatic N) is 14. The van der Waals surface area contributed by atoms with Crippen molar-refractivity contribution in [3.05, 3.63) is 202 Å². The van der Waals surface area contributed by atoms with E-state index < -0.39 is 47.3 Å². The first kappa shape index (κ1) is 80.0. The molecule has 12 rings (SSSR count). The van der Waals surface area contributed by atoms with Crippen molar-refractivity contribution in [1.82, 2.24) is 67.0 Å². The van der Waals surface area contributed by atoms with Crippen LogP contribution in [0.5, 0.6) is 5.75 Å². The molecule has 0 saturated carbocycles. The summed E-state index contributed by atoms with van der Waals surface area (Å²) in [7, 11) is 14.9. The number of imidazole rings is 3. The standard InChI is InChI=1S/C77H81N23O14S/c1-92(25-12-22-81-77(115)87-42-14-17-50(53(27-42)76(112)113)64-51-18-15-48(101)33-59(51)114-60-34-49(102)16-19-52(60)64)24-11-21-79-68(104)54-29-46(38-94(54)3)86-75(111)67-89-62(41-100(67)9)91-72(108)58-30-44(36-98(58)7)83-69(105)55-28-43(35-95(55)4)82-63(103)13-10-20-80-73(109)66-88-61(40-99(66)8)90-71(107)57-31-45(37-97(57)6)84-70(106)56-32-47(39-96(56)5)85-74(110)65-78-23-26-93(65)2/h14-19,23,26-41,101H,10-13,20-22,24-25H2,1-9H3,(H,79,104)(H,80,109)(H,82,103)(H,83,105)(H,84,106)(H,85,110)(H,86,111)(H,90,107)(H,91,108)(H,112,113)(H2,81,87,115). The number of fused-ring (bicyclic) bond motifs is 2. The molecule has 1 aliphatic heterocycles. The number of rotatable bonds is 30. The van der Waals surface area contributed by atoms with E-state index in [0.29, 0.717) is 83.8 Å². The summed E-state index contributed by atoms with van der Waals surface area (Å²) in [4.78, 5) is 155. The van der Waals surface area contributed by atoms with Crippen molar-refractivity contribution in [3.8, 4) is 28.2 Å². The fourth-order valence-electron chi connectivity index (χ4n) is 12.8. The molecule has 2 aliphatic rings. The normalized spacial score (nSPS) is 11.6. The summed E-state index contributed by atoms with van der Waals surface area (Å²) in [6.07, 6.45) is 15.4. The number of aryl methyl sites for hydroxylation is 8. The lowest BCUT2D eigenvalue weighted by atomic mass is 9.90. The summed E-state index contributed by atoms with van der Waals surface area (Å²) >= 11 is 4.51. The number of phenols is 1. The Bertz CT molecular complexity index is 5910. The number of carbonyl (C=O) groups is 9. The van der Waals surface area contributed by atoms with Gasteiger partial charge in [0.1, 0.15) is 45.6 Å². The molecule has 115 heavy (non-hydrogen) atoms. The Morgan fingerprint density at radius 2 is 1.00 bits per heavy atom. The Kier molecular flexibility index (Phi) is 23.9. The molecule has 8 amide bonds. The molecule has 37 nitrogen and oxygen atoms in total. The van der Waals surface area contributed by atoms with Crippen LogP contribution in [-0.4, -0.2) is 176 Å². The van der Waals surface area contributed by atoms with Crippen LogP contribution in [0.1, 0.15) is 120 Å². The number of nitrogens with one attached hydrogen (secondary N) is 9. The molecule has 0 fully saturated rings. The monoisotopic (exact) mass is 1580 g/mol. The summed E-state index contributed by atoms with van der Waals surface area (Å²) in [5.74, 6) is -5.21. The third-order valence-electron chi connectivity index (χ3n) is 18.4. The predicted octanol–water partition coefficient (Wildman–Crippen LogP) is 8.01. The zero-order chi connectivity index (χ0) is 82.2. The highest BCUT2D eigenvalue weighted by molar-refractivity contribution is 7.97. The second-order valence-corrected chi connectivity index (χ2v) is 27.6. The Morgan fingerprint density at radius 3 is 1.57 bits per heavy atom. The topological polar surface area (TPSA) is 459 Å². The molecule has 0 spiro atoms. The summed E-state index contributed by atoms with van der Waals surface area (Å²) in [6.45, 7) is 2.22. The largest absolute Gasteiger partial charge is 0.508 e. The van der Waals surface area contributed by atoms with Gasteiger partial charge >= 0.3 is 5.97 Å². The highest BCUT2D eigenvalue weighted by Gasteiger charge is 2.27. The van der Waals surface area contributed by atoms with Crippen LogP contribution in [0.25, 0.3) is 33.4 Å². The number of amides is 8. The van der Waals surface area contributed by atoms with Crippen LogP contribution < -0.4 is 53.3 Å². The number of aromatic nitrogens is 11. The summed E-state index contributed by atoms with van der Waals surface area (Å²) in [5.41, 5.74) is 4.36. The van der Waals surface area contributed by atoms with Gasteiger partial charge in [-0.2, -0.15) is 0 Å². The van der Waals surface area contributed by atoms with Gasteiger partial charge in [0.15, 0.2) is 34.0 Å². The van der Waals surface area contributed by atoms with Gasteiger partial charge in [-0.1, -0.05) is 6.07 Å². The minimum absolute atomic E-state index is 0.0112. The number of carbonyl (C=O) groups excluding carboxylic acids is 8. The lowest BCUT2D eigenvalue weighted by molar-refractivity contribution is 0.0695. The van der Waals surface area contributed by atoms with Crippen LogP contribution in [0.4, 0.5) is 45.8 Å². The number of thiol groups is 1. The van der Waals surface area contributed by atoms with E-state index in [-0.39, 0.29) is 133 Å². The minimum Gasteiger partial charge on any atom is -0.508 e. The molecule has 0 unspecified atom stereocenters. The Balaban J connectivity index is 0.542. The van der Waals surface area contributed by atoms with Crippen molar-refractivity contribution < 1.29 is 62.9 Å². The number of aliphatic hydroxyl groups excluding tert-OH is 1. The van der Waals surface area contributed by atoms with Crippen molar-refractivity contribution in [1.29, 1.82) is 0 Å². The fourth-order valence-corrected chi connectivity index (χ4v) is 13.0. The number of anilines is 7. The first-order valence-electron chi connectivity index (χ1n) is 35.7. The lowest BCUT2D eigenvalue weighted by Crippen LogP contribution is -2.29. The van der Waals surface area contributed by atoms with Crippen molar-refractivity contribution in [2.24, 2.45) is 66.4 Å². The summed E-state index contributed by atoms with van der Waals surface area (Å²) in [6, 6.07) is 21.0. The number of benzene rings is 3. The van der Waals surface area contributed by atoms with Gasteiger partial charge in [-0.05, 0) is 112 Å². The highest BCUT2D eigenvalue weighted by atomic mass is 32.1. The molecule has 8 aromatic heterocycles. The minimum atomic E-state index is -1.19. The second kappa shape index (κ2) is 34.4. The van der Waals surface area contributed by atoms with E-state index in [0.717, 1.165) is 0 Å². The number of hydrogen-bond donors (Lipinski definition) is 13. The van der Waals surface area contributed by atoms with Gasteiger partial charge in [0.05, 0.1) is 34.0 Å². The molecule has 12 N–H and O–H groups in total. The van der Waals surface area contributed by atoms with Crippen LogP contribution in [-0.2, 0) is 56.4 Å². The van der Waals surface area contributed by atoms with Gasteiger partial charge in [0.2, 0.25) is 11.6 Å². The van der Waals surface area contributed by atoms with Crippen molar-refractivity contribution in [3.63, 3.8) is 0 Å². The molecule has 0 radical (unpaired) electrons. The molecule has 38 heteroatoms. The van der Waals surface area contributed by atoms with E-state index in [1.165, 1.54) is 114 Å². The predicted molar refractivity (Wildman–Crippen MR) is 433 cm³/mol. The van der Waals surface area contributed by atoms with E-state index >= 15 is 0 Å². The molecule has 0 saturated heterocycles. The first-order chi connectivity index (χ1) is 54.9. The fraction of sp³-hybridized carbons (Fsp3) is 0.234. The maximum absolute atomic E-state index is 13.6. The molecule has 0 atom stereocenters. The average Bonchev–Trinajstić information content (AvgIpc) is 1.34. The number of aromatic carboxylic acids is 1. The smallest absolute Gasteiger partial charge is 0.336 e. The van der Waals surface area contributed by atoms with Crippen molar-refractivity contribution in [2.75, 3.05) is 77.0 Å². The number of carboxylic acids is 1. The maximum atomic E-state index is 13.6. The van der Waals surface area contributed by atoms with Gasteiger partial charge in [-0.3, -0.25) is 48.1 Å². The number of amidine groups is 1. The summed E-state index contributed by atoms with van der Waals surface area (Å²) < 4.78 is 18.0. The molecular weight excluding hydrogens is 1500 g/mol. The number of hydrogen-bond acceptors (Lipinski definition) is 18. The summed E-state index contributed by atoms with van der Waals surface area (Å²) in [5, 5.41) is 57.2. The first-order valence-corrected chi connectivity index (χ1v) is 36.2. The number of aliphatic hydroxyl groups is 1. The number of aromatic hydroxyl groups is 1. The molecule has 0 bridgehead atoms. The SMILES string of the molecule is CN(CCCN=C(S)Nc1ccc(-c2c3ccc(=O)cc-3oc3cc(O)ccc23)c(C(=O)O)c1)CCCNC(=O)c1cc(NC(=O)c2nc(NC(=O)c3cc(NC(=O)c4cc(N=C(O)CCCNC(=O)c5nc(NC(=O)c6cc(NC(=O)c7cc(NC(=O)c8nccn8C)cn7C)cn6C)cn5C)cn4C)cn3C)cn2C)cn1C. The van der Waals surface area contributed by atoms with Gasteiger partial charge in [-0.15, -0.1) is 12.6 Å². The Morgan fingerprint density at radius 1 is 0.496 bits per heavy atom. The van der Waals surface area contributed by atoms with Crippen LogP contribution in [0.3, 0.4) is 0 Å². The van der Waals surface area contributed by atoms with Crippen molar-refractivity contribution >= 4 is 134 Å². The molecular formula is C77H81N23O14S. The molecule has 594 valence electrons. The Labute approximate surface area is 660 Å². The lowest BCUT2D eigenvalue weighted by Gasteiger charge is -2.17. The third-order valence-corrected chi connectivity index (χ3v) is 18.7. The molecule has 2 aromatic carbocycles. The number of carboxylic acid groups (broad SMARTS) is 1. The second-order valence-electron chi connectivity index (χ2n) is 27.2. The zero-order valence-electron chi connectivity index (χ0n) is 63.7. The van der Waals surface area contributed by atoms with Gasteiger partial charge < -0.3 is 109 Å². The Hall–Kier alpha value is -14.6. The van der Waals surface area contributed by atoms with E-state index in [2.05, 4.69) is 90.3 Å². The van der Waals surface area contributed by atoms with Crippen LogP contribution in [0, 0.1) is 0 Å².